The van der Waals surface area contributed by atoms with E-state index < -0.39 is 0 Å². The maximum atomic E-state index is 3.60. The van der Waals surface area contributed by atoms with E-state index in [-0.39, 0.29) is 0 Å². The predicted octanol–water partition coefficient (Wildman–Crippen LogP) is 0.996. The fraction of sp³-hybridized carbons (Fsp3) is 0.667. The van der Waals surface area contributed by atoms with Gasteiger partial charge in [-0.15, -0.1) is 0 Å². The number of hydrogen-bond acceptors (Lipinski definition) is 4. The van der Waals surface area contributed by atoms with E-state index in [9.17, 15) is 0 Å². The van der Waals surface area contributed by atoms with Gasteiger partial charge in [0.15, 0.2) is 0 Å². The predicted molar refractivity (Wildman–Crippen MR) is 32.6 cm³/mol. The van der Waals surface area contributed by atoms with Crippen molar-refractivity contribution in [1.82, 2.24) is 5.43 Å². The first-order chi connectivity index (χ1) is 3.93. The molecule has 1 rings (SSSR count). The lowest BCUT2D eigenvalue weighted by Crippen LogP contribution is -1.99. The average Bonchev–Trinajstić information content (AvgIpc) is 2.19. The summed E-state index contributed by atoms with van der Waals surface area (Å²) in [6.45, 7) is 2.03. The summed E-state index contributed by atoms with van der Waals surface area (Å²) in [4.78, 5) is 0. The van der Waals surface area contributed by atoms with Crippen LogP contribution in [0, 0.1) is 0 Å². The van der Waals surface area contributed by atoms with E-state index in [0.717, 1.165) is 5.75 Å². The Morgan fingerprint density at radius 1 is 1.50 bits per heavy atom. The zero-order valence-corrected chi connectivity index (χ0v) is 5.22. The third kappa shape index (κ3) is 1.19. The van der Waals surface area contributed by atoms with Gasteiger partial charge < -0.3 is 0 Å². The molecule has 1 radical (unpaired) electrons. The van der Waals surface area contributed by atoms with E-state index in [1.165, 1.54) is 11.8 Å². The van der Waals surface area contributed by atoms with Crippen LogP contribution in [0.2, 0.25) is 0 Å². The molecule has 0 N–H and O–H groups in total. The molecule has 0 bridgehead atoms. The minimum Gasteiger partial charge on any atom is -0.0995 e. The maximum absolute atomic E-state index is 3.60. The van der Waals surface area contributed by atoms with Crippen molar-refractivity contribution in [2.45, 2.75) is 6.92 Å². The van der Waals surface area contributed by atoms with Crippen LogP contribution in [0.15, 0.2) is 15.5 Å². The molecule has 0 amide bonds. The van der Waals surface area contributed by atoms with Crippen molar-refractivity contribution in [2.24, 2.45) is 15.5 Å². The fourth-order valence-electron chi connectivity index (χ4n) is 0.323. The van der Waals surface area contributed by atoms with E-state index in [1.807, 2.05) is 6.92 Å². The Balaban J connectivity index is 2.28. The number of nitrogens with zero attached hydrogens (tertiary/aromatic N) is 4. The van der Waals surface area contributed by atoms with Crippen molar-refractivity contribution in [3.8, 4) is 0 Å². The van der Waals surface area contributed by atoms with E-state index in [2.05, 4.69) is 21.0 Å². The van der Waals surface area contributed by atoms with Gasteiger partial charge in [-0.3, -0.25) is 0 Å². The van der Waals surface area contributed by atoms with E-state index in [0.29, 0.717) is 5.17 Å². The molecule has 0 unspecified atom stereocenters. The van der Waals surface area contributed by atoms with Crippen LogP contribution < -0.4 is 5.43 Å². The van der Waals surface area contributed by atoms with Crippen LogP contribution in [0.1, 0.15) is 6.92 Å². The molecule has 0 saturated heterocycles. The van der Waals surface area contributed by atoms with Gasteiger partial charge in [-0.2, -0.15) is 0 Å². The van der Waals surface area contributed by atoms with Gasteiger partial charge in [0.2, 0.25) is 5.17 Å². The summed E-state index contributed by atoms with van der Waals surface area (Å²) in [6, 6.07) is 0. The molecule has 0 aromatic heterocycles. The Bertz CT molecular complexity index is 129. The summed E-state index contributed by atoms with van der Waals surface area (Å²) in [5, 5.41) is 10.9. The first-order valence-corrected chi connectivity index (χ1v) is 3.23. The smallest absolute Gasteiger partial charge is 0.0995 e. The van der Waals surface area contributed by atoms with Gasteiger partial charge in [-0.25, -0.2) is 0 Å². The number of hydrogen-bond donors (Lipinski definition) is 0. The molecule has 0 aliphatic carbocycles. The Kier molecular flexibility index (Phi) is 1.85. The van der Waals surface area contributed by atoms with Gasteiger partial charge in [-0.05, 0) is 16.2 Å². The monoisotopic (exact) mass is 129 g/mol. The van der Waals surface area contributed by atoms with Crippen LogP contribution in [-0.4, -0.2) is 10.9 Å². The van der Waals surface area contributed by atoms with Crippen molar-refractivity contribution in [3.63, 3.8) is 0 Å². The van der Waals surface area contributed by atoms with Crippen molar-refractivity contribution in [3.05, 3.63) is 0 Å². The summed E-state index contributed by atoms with van der Waals surface area (Å²) in [5.74, 6) is 0.966. The third-order valence-electron chi connectivity index (χ3n) is 0.574. The maximum Gasteiger partial charge on any atom is 0.233 e. The summed E-state index contributed by atoms with van der Waals surface area (Å²) >= 11 is 1.53. The molecule has 0 fully saturated rings. The van der Waals surface area contributed by atoms with Crippen LogP contribution in [-0.2, 0) is 0 Å². The minimum absolute atomic E-state index is 0.660. The standard InChI is InChI=1S/C3H5N4S/c1-2-8-3-4-6-7-5-3/h2H2,1H3. The van der Waals surface area contributed by atoms with Crippen molar-refractivity contribution in [2.75, 3.05) is 5.75 Å². The molecule has 1 aliphatic heterocycles. The van der Waals surface area contributed by atoms with Gasteiger partial charge in [0.25, 0.3) is 0 Å². The highest BCUT2D eigenvalue weighted by molar-refractivity contribution is 8.13. The molecule has 0 atom stereocenters. The topological polar surface area (TPSA) is 51.2 Å². The molecule has 1 aliphatic rings. The Labute approximate surface area is 51.4 Å². The molecule has 0 aromatic carbocycles. The molecule has 0 spiro atoms. The lowest BCUT2D eigenvalue weighted by molar-refractivity contribution is 0.927. The molecule has 4 nitrogen and oxygen atoms in total. The first-order valence-electron chi connectivity index (χ1n) is 2.25. The average molecular weight is 129 g/mol. The lowest BCUT2D eigenvalue weighted by Gasteiger charge is -1.86. The Hall–Kier alpha value is -0.580. The summed E-state index contributed by atoms with van der Waals surface area (Å²) in [6.07, 6.45) is 0. The van der Waals surface area contributed by atoms with Crippen LogP contribution in [0.4, 0.5) is 0 Å². The second kappa shape index (κ2) is 2.66. The highest BCUT2D eigenvalue weighted by Gasteiger charge is 2.02. The van der Waals surface area contributed by atoms with Crippen LogP contribution in [0.5, 0.6) is 0 Å². The Morgan fingerprint density at radius 3 is 2.88 bits per heavy atom. The van der Waals surface area contributed by atoms with Gasteiger partial charge >= 0.3 is 0 Å². The summed E-state index contributed by atoms with van der Waals surface area (Å²) in [5.41, 5.74) is 3.60. The SMILES string of the molecule is CCSC1=NN=N[N]1. The third-order valence-corrected chi connectivity index (χ3v) is 1.28. The number of amidine groups is 1. The highest BCUT2D eigenvalue weighted by Crippen LogP contribution is 2.05. The van der Waals surface area contributed by atoms with Gasteiger partial charge in [0, 0.05) is 0 Å². The van der Waals surface area contributed by atoms with E-state index >= 15 is 0 Å². The van der Waals surface area contributed by atoms with Crippen LogP contribution in [0.25, 0.3) is 0 Å². The van der Waals surface area contributed by atoms with E-state index in [4.69, 9.17) is 0 Å². The molecule has 0 aromatic rings. The molecule has 8 heavy (non-hydrogen) atoms. The van der Waals surface area contributed by atoms with Crippen LogP contribution in [0.3, 0.4) is 0 Å². The molecule has 43 valence electrons. The van der Waals surface area contributed by atoms with Crippen molar-refractivity contribution in [1.29, 1.82) is 0 Å². The molecular weight excluding hydrogens is 124 g/mol. The zero-order chi connectivity index (χ0) is 5.82. The summed E-state index contributed by atoms with van der Waals surface area (Å²) in [7, 11) is 0. The lowest BCUT2D eigenvalue weighted by atomic mass is 11.0. The van der Waals surface area contributed by atoms with Gasteiger partial charge in [-0.1, -0.05) is 29.2 Å². The first kappa shape index (κ1) is 5.55. The van der Waals surface area contributed by atoms with Gasteiger partial charge in [0.1, 0.15) is 0 Å². The second-order valence-electron chi connectivity index (χ2n) is 1.09. The number of thioether (sulfide) groups is 1. The molecule has 0 saturated carbocycles. The summed E-state index contributed by atoms with van der Waals surface area (Å²) < 4.78 is 0. The Morgan fingerprint density at radius 2 is 2.38 bits per heavy atom. The highest BCUT2D eigenvalue weighted by atomic mass is 32.2. The van der Waals surface area contributed by atoms with Crippen LogP contribution >= 0.6 is 11.8 Å². The van der Waals surface area contributed by atoms with Crippen molar-refractivity contribution >= 4 is 16.9 Å². The quantitative estimate of drug-likeness (QED) is 0.521. The zero-order valence-electron chi connectivity index (χ0n) is 4.40. The fourth-order valence-corrected chi connectivity index (χ4v) is 0.770. The van der Waals surface area contributed by atoms with Crippen molar-refractivity contribution < 1.29 is 0 Å². The van der Waals surface area contributed by atoms with E-state index in [1.54, 1.807) is 0 Å². The second-order valence-corrected chi connectivity index (χ2v) is 2.33. The minimum atomic E-state index is 0.660. The normalized spacial score (nSPS) is 15.9. The number of rotatable bonds is 1. The van der Waals surface area contributed by atoms with Gasteiger partial charge in [0.05, 0.1) is 0 Å². The largest absolute Gasteiger partial charge is 0.233 e. The molecule has 1 heterocycles. The molecular formula is C3H5N4S. The molecule has 5 heteroatoms.